The van der Waals surface area contributed by atoms with Gasteiger partial charge in [-0.25, -0.2) is 4.79 Å². The molecule has 0 aliphatic heterocycles. The first-order valence-electron chi connectivity index (χ1n) is 6.02. The Balaban J connectivity index is 2.12. The van der Waals surface area contributed by atoms with Crippen molar-refractivity contribution >= 4 is 16.9 Å². The van der Waals surface area contributed by atoms with E-state index in [1.54, 1.807) is 25.1 Å². The predicted molar refractivity (Wildman–Crippen MR) is 69.2 cm³/mol. The average Bonchev–Trinajstić information content (AvgIpc) is 2.38. The van der Waals surface area contributed by atoms with Crippen LogP contribution in [0.25, 0.3) is 11.0 Å². The number of rotatable bonds is 5. The fraction of sp³-hybridized carbons (Fsp3) is 0.286. The minimum absolute atomic E-state index is 0.141. The van der Waals surface area contributed by atoms with E-state index in [0.29, 0.717) is 23.3 Å². The van der Waals surface area contributed by atoms with Crippen LogP contribution in [0.3, 0.4) is 0 Å². The van der Waals surface area contributed by atoms with Crippen molar-refractivity contribution < 1.29 is 18.7 Å². The van der Waals surface area contributed by atoms with Gasteiger partial charge in [-0.1, -0.05) is 12.1 Å². The maximum Gasteiger partial charge on any atom is 0.339 e. The molecule has 0 atom stereocenters. The highest BCUT2D eigenvalue weighted by atomic mass is 16.5. The molecule has 0 fully saturated rings. The molecule has 5 heteroatoms. The second kappa shape index (κ2) is 6.04. The second-order valence-electron chi connectivity index (χ2n) is 3.83. The van der Waals surface area contributed by atoms with E-state index in [9.17, 15) is 9.59 Å². The molecule has 0 bridgehead atoms. The Morgan fingerprint density at radius 3 is 2.89 bits per heavy atom. The van der Waals surface area contributed by atoms with Gasteiger partial charge in [0.05, 0.1) is 31.1 Å². The Labute approximate surface area is 109 Å². The van der Waals surface area contributed by atoms with Gasteiger partial charge in [0, 0.05) is 0 Å². The van der Waals surface area contributed by atoms with Crippen molar-refractivity contribution in [1.29, 1.82) is 0 Å². The lowest BCUT2D eigenvalue weighted by molar-refractivity contribution is -0.143. The van der Waals surface area contributed by atoms with Gasteiger partial charge in [0.2, 0.25) is 0 Å². The quantitative estimate of drug-likeness (QED) is 0.610. The monoisotopic (exact) mass is 262 g/mol. The molecule has 0 unspecified atom stereocenters. The van der Waals surface area contributed by atoms with Crippen molar-refractivity contribution in [2.75, 3.05) is 13.2 Å². The Morgan fingerprint density at radius 1 is 1.32 bits per heavy atom. The van der Waals surface area contributed by atoms with E-state index in [1.165, 1.54) is 6.07 Å². The minimum Gasteiger partial charge on any atom is -0.492 e. The molecule has 1 aromatic carbocycles. The number of carbonyl (C=O) groups is 1. The number of esters is 1. The molecule has 0 aliphatic rings. The van der Waals surface area contributed by atoms with Crippen LogP contribution in [0.15, 0.2) is 39.5 Å². The standard InChI is InChI=1S/C14H14O5/c1-2-17-13(15)7-8-18-12-9-14(16)19-11-6-4-3-5-10(11)12/h3-6,9H,2,7-8H2,1H3. The SMILES string of the molecule is CCOC(=O)CCOc1cc(=O)oc2ccccc12. The number of carbonyl (C=O) groups excluding carboxylic acids is 1. The molecule has 0 N–H and O–H groups in total. The third-order valence-electron chi connectivity index (χ3n) is 2.48. The van der Waals surface area contributed by atoms with Crippen LogP contribution >= 0.6 is 0 Å². The first-order valence-corrected chi connectivity index (χ1v) is 6.02. The number of fused-ring (bicyclic) bond motifs is 1. The Morgan fingerprint density at radius 2 is 2.11 bits per heavy atom. The summed E-state index contributed by atoms with van der Waals surface area (Å²) < 4.78 is 15.3. The summed E-state index contributed by atoms with van der Waals surface area (Å²) in [5.74, 6) is 0.0888. The Bertz CT molecular complexity index is 629. The van der Waals surface area contributed by atoms with Crippen molar-refractivity contribution in [3.05, 3.63) is 40.8 Å². The van der Waals surface area contributed by atoms with Gasteiger partial charge in [-0.2, -0.15) is 0 Å². The summed E-state index contributed by atoms with van der Waals surface area (Å²) in [6, 6.07) is 8.34. The highest BCUT2D eigenvalue weighted by Crippen LogP contribution is 2.23. The maximum absolute atomic E-state index is 11.4. The zero-order valence-electron chi connectivity index (χ0n) is 10.5. The third-order valence-corrected chi connectivity index (χ3v) is 2.48. The van der Waals surface area contributed by atoms with Crippen LogP contribution in [0.5, 0.6) is 5.75 Å². The maximum atomic E-state index is 11.4. The molecule has 19 heavy (non-hydrogen) atoms. The third kappa shape index (κ3) is 3.34. The Hall–Kier alpha value is -2.30. The molecule has 100 valence electrons. The summed E-state index contributed by atoms with van der Waals surface area (Å²) in [4.78, 5) is 22.5. The van der Waals surface area contributed by atoms with E-state index in [-0.39, 0.29) is 19.0 Å². The molecule has 0 amide bonds. The fourth-order valence-electron chi connectivity index (χ4n) is 1.68. The largest absolute Gasteiger partial charge is 0.492 e. The molecule has 0 radical (unpaired) electrons. The first kappa shape index (κ1) is 13.1. The highest BCUT2D eigenvalue weighted by Gasteiger charge is 2.07. The van der Waals surface area contributed by atoms with Gasteiger partial charge in [-0.3, -0.25) is 4.79 Å². The van der Waals surface area contributed by atoms with Crippen molar-refractivity contribution in [3.8, 4) is 5.75 Å². The molecular formula is C14H14O5. The lowest BCUT2D eigenvalue weighted by Crippen LogP contribution is -2.10. The predicted octanol–water partition coefficient (Wildman–Crippen LogP) is 2.12. The van der Waals surface area contributed by atoms with Gasteiger partial charge < -0.3 is 13.9 Å². The van der Waals surface area contributed by atoms with E-state index in [2.05, 4.69) is 0 Å². The summed E-state index contributed by atoms with van der Waals surface area (Å²) in [6.45, 7) is 2.25. The van der Waals surface area contributed by atoms with E-state index >= 15 is 0 Å². The molecule has 5 nitrogen and oxygen atoms in total. The van der Waals surface area contributed by atoms with Crippen LogP contribution in [0.2, 0.25) is 0 Å². The molecule has 0 saturated heterocycles. The molecule has 2 aromatic rings. The lowest BCUT2D eigenvalue weighted by atomic mass is 10.2. The number of para-hydroxylation sites is 1. The normalized spacial score (nSPS) is 10.4. The van der Waals surface area contributed by atoms with E-state index in [4.69, 9.17) is 13.9 Å². The summed E-state index contributed by atoms with van der Waals surface area (Å²) in [7, 11) is 0. The van der Waals surface area contributed by atoms with Gasteiger partial charge in [-0.05, 0) is 19.1 Å². The van der Waals surface area contributed by atoms with E-state index in [1.807, 2.05) is 6.07 Å². The molecule has 1 aromatic heterocycles. The van der Waals surface area contributed by atoms with Gasteiger partial charge >= 0.3 is 11.6 Å². The minimum atomic E-state index is -0.482. The topological polar surface area (TPSA) is 65.7 Å². The van der Waals surface area contributed by atoms with Crippen molar-refractivity contribution in [2.45, 2.75) is 13.3 Å². The molecular weight excluding hydrogens is 248 g/mol. The lowest BCUT2D eigenvalue weighted by Gasteiger charge is -2.07. The van der Waals surface area contributed by atoms with Crippen LogP contribution in [0.4, 0.5) is 0 Å². The molecule has 0 spiro atoms. The number of benzene rings is 1. The zero-order valence-corrected chi connectivity index (χ0v) is 10.5. The highest BCUT2D eigenvalue weighted by molar-refractivity contribution is 5.82. The fourth-order valence-corrected chi connectivity index (χ4v) is 1.68. The van der Waals surface area contributed by atoms with E-state index < -0.39 is 5.63 Å². The van der Waals surface area contributed by atoms with Gasteiger partial charge in [0.1, 0.15) is 11.3 Å². The number of ether oxygens (including phenoxy) is 2. The van der Waals surface area contributed by atoms with Gasteiger partial charge in [0.25, 0.3) is 0 Å². The molecule has 0 saturated carbocycles. The molecule has 1 heterocycles. The smallest absolute Gasteiger partial charge is 0.339 e. The van der Waals surface area contributed by atoms with Crippen molar-refractivity contribution in [1.82, 2.24) is 0 Å². The Kier molecular flexibility index (Phi) is 4.18. The van der Waals surface area contributed by atoms with Crippen molar-refractivity contribution in [3.63, 3.8) is 0 Å². The van der Waals surface area contributed by atoms with Gasteiger partial charge in [-0.15, -0.1) is 0 Å². The molecule has 0 aliphatic carbocycles. The van der Waals surface area contributed by atoms with E-state index in [0.717, 1.165) is 0 Å². The second-order valence-corrected chi connectivity index (χ2v) is 3.83. The summed E-state index contributed by atoms with van der Waals surface area (Å²) in [5, 5.41) is 0.700. The molecule has 2 rings (SSSR count). The van der Waals surface area contributed by atoms with Crippen LogP contribution in [-0.4, -0.2) is 19.2 Å². The van der Waals surface area contributed by atoms with Crippen LogP contribution in [0.1, 0.15) is 13.3 Å². The number of hydrogen-bond donors (Lipinski definition) is 0. The average molecular weight is 262 g/mol. The zero-order chi connectivity index (χ0) is 13.7. The number of hydrogen-bond acceptors (Lipinski definition) is 5. The van der Waals surface area contributed by atoms with Crippen LogP contribution < -0.4 is 10.4 Å². The van der Waals surface area contributed by atoms with Crippen LogP contribution in [-0.2, 0) is 9.53 Å². The summed E-state index contributed by atoms with van der Waals surface area (Å²) in [6.07, 6.45) is 0.141. The van der Waals surface area contributed by atoms with Crippen molar-refractivity contribution in [2.24, 2.45) is 0 Å². The summed E-state index contributed by atoms with van der Waals surface area (Å²) in [5.41, 5.74) is -0.0223. The van der Waals surface area contributed by atoms with Crippen LogP contribution in [0, 0.1) is 0 Å². The first-order chi connectivity index (χ1) is 9.20. The summed E-state index contributed by atoms with van der Waals surface area (Å²) >= 11 is 0. The van der Waals surface area contributed by atoms with Gasteiger partial charge in [0.15, 0.2) is 0 Å².